The lowest BCUT2D eigenvalue weighted by Crippen LogP contribution is -2.43. The normalized spacial score (nSPS) is 21.5. The molecule has 0 N–H and O–H groups in total. The second kappa shape index (κ2) is 11.7. The van der Waals surface area contributed by atoms with Crippen LogP contribution in [0.25, 0.3) is 11.3 Å². The minimum atomic E-state index is -0.586. The Kier molecular flexibility index (Phi) is 8.13. The van der Waals surface area contributed by atoms with Crippen molar-refractivity contribution in [3.8, 4) is 11.3 Å². The van der Waals surface area contributed by atoms with Crippen molar-refractivity contribution in [2.75, 3.05) is 4.90 Å². The fourth-order valence-corrected chi connectivity index (χ4v) is 6.70. The number of amides is 1. The van der Waals surface area contributed by atoms with Gasteiger partial charge in [0.15, 0.2) is 5.78 Å². The Morgan fingerprint density at radius 3 is 2.35 bits per heavy atom. The summed E-state index contributed by atoms with van der Waals surface area (Å²) in [7, 11) is 0. The minimum Gasteiger partial charge on any atom is -0.460 e. The van der Waals surface area contributed by atoms with E-state index in [2.05, 4.69) is 5.16 Å². The van der Waals surface area contributed by atoms with E-state index in [0.29, 0.717) is 45.6 Å². The molecule has 3 fully saturated rings. The average molecular weight is 626 g/mol. The molecule has 3 aliphatic rings. The summed E-state index contributed by atoms with van der Waals surface area (Å²) in [5.41, 5.74) is 2.73. The van der Waals surface area contributed by atoms with Crippen molar-refractivity contribution < 1.29 is 28.4 Å². The van der Waals surface area contributed by atoms with Gasteiger partial charge in [0.05, 0.1) is 35.1 Å². The smallest absolute Gasteiger partial charge is 0.306 e. The number of rotatable bonds is 10. The first-order valence-electron chi connectivity index (χ1n) is 14.7. The van der Waals surface area contributed by atoms with Crippen LogP contribution in [0.1, 0.15) is 86.9 Å². The highest BCUT2D eigenvalue weighted by Gasteiger charge is 2.52. The van der Waals surface area contributed by atoms with Crippen molar-refractivity contribution in [1.82, 2.24) is 5.16 Å². The maximum atomic E-state index is 13.5. The van der Waals surface area contributed by atoms with Crippen LogP contribution in [0.3, 0.4) is 0 Å². The Hall–Kier alpha value is -3.20. The molecule has 226 valence electrons. The van der Waals surface area contributed by atoms with Gasteiger partial charge in [0.25, 0.3) is 0 Å². The Morgan fingerprint density at radius 1 is 1.02 bits per heavy atom. The molecule has 3 atom stereocenters. The standard InChI is InChI=1S/C33H34Cl2N2O6/c1-33(2,3)42-28(39)14-13-26(38)18-9-11-20(12-10-18)37-21-15-22(32(37)40)27(16-21)41-17-23-30(36-43-31(23)19-7-8-19)29-24(34)5-4-6-25(29)35/h4-6,9-12,19,21-22,27H,7-8,13-17H2,1-3H3/t21-,22+,27+/m0/s1. The van der Waals surface area contributed by atoms with Crippen molar-refractivity contribution in [3.05, 3.63) is 69.4 Å². The summed E-state index contributed by atoms with van der Waals surface area (Å²) in [6.45, 7) is 5.64. The molecule has 10 heteroatoms. The molecular weight excluding hydrogens is 591 g/mol. The zero-order chi connectivity index (χ0) is 30.5. The average Bonchev–Trinajstić information content (AvgIpc) is 3.46. The number of hydrogen-bond acceptors (Lipinski definition) is 7. The molecular formula is C33H34Cl2N2O6. The Balaban J connectivity index is 1.09. The van der Waals surface area contributed by atoms with Gasteiger partial charge in [-0.05, 0) is 82.9 Å². The lowest BCUT2D eigenvalue weighted by Gasteiger charge is -2.31. The molecule has 0 spiro atoms. The van der Waals surface area contributed by atoms with Gasteiger partial charge in [-0.25, -0.2) is 0 Å². The number of fused-ring (bicyclic) bond motifs is 2. The fraction of sp³-hybridized carbons (Fsp3) is 0.455. The first-order valence-corrected chi connectivity index (χ1v) is 15.5. The largest absolute Gasteiger partial charge is 0.460 e. The number of nitrogens with zero attached hydrogens (tertiary/aromatic N) is 2. The van der Waals surface area contributed by atoms with Crippen molar-refractivity contribution in [1.29, 1.82) is 0 Å². The van der Waals surface area contributed by atoms with Gasteiger partial charge in [-0.2, -0.15) is 0 Å². The number of anilines is 1. The highest BCUT2D eigenvalue weighted by molar-refractivity contribution is 6.39. The molecule has 0 unspecified atom stereocenters. The van der Waals surface area contributed by atoms with Crippen LogP contribution < -0.4 is 4.90 Å². The summed E-state index contributed by atoms with van der Waals surface area (Å²) in [6, 6.07) is 12.4. The summed E-state index contributed by atoms with van der Waals surface area (Å²) < 4.78 is 17.5. The first kappa shape index (κ1) is 29.9. The van der Waals surface area contributed by atoms with Gasteiger partial charge < -0.3 is 18.9 Å². The van der Waals surface area contributed by atoms with E-state index in [1.165, 1.54) is 0 Å². The van der Waals surface area contributed by atoms with Crippen molar-refractivity contribution >= 4 is 46.5 Å². The summed E-state index contributed by atoms with van der Waals surface area (Å²) in [5, 5.41) is 5.32. The molecule has 43 heavy (non-hydrogen) atoms. The van der Waals surface area contributed by atoms with Crippen molar-refractivity contribution in [2.45, 2.75) is 89.6 Å². The SMILES string of the molecule is CC(C)(C)OC(=O)CCC(=O)c1ccc(N2C(=O)[C@@H]3C[C@H]2C[C@H]3OCc2c(-c3c(Cl)cccc3Cl)noc2C2CC2)cc1. The van der Waals surface area contributed by atoms with E-state index >= 15 is 0 Å². The summed E-state index contributed by atoms with van der Waals surface area (Å²) in [4.78, 5) is 39.9. The van der Waals surface area contributed by atoms with Gasteiger partial charge in [-0.3, -0.25) is 14.4 Å². The zero-order valence-electron chi connectivity index (χ0n) is 24.4. The van der Waals surface area contributed by atoms with Gasteiger partial charge in [0.2, 0.25) is 5.91 Å². The molecule has 1 amide bonds. The van der Waals surface area contributed by atoms with E-state index in [9.17, 15) is 14.4 Å². The number of hydrogen-bond donors (Lipinski definition) is 0. The number of ketones is 1. The molecule has 2 heterocycles. The van der Waals surface area contributed by atoms with Crippen LogP contribution in [0.2, 0.25) is 10.0 Å². The van der Waals surface area contributed by atoms with Crippen molar-refractivity contribution in [3.63, 3.8) is 0 Å². The summed E-state index contributed by atoms with van der Waals surface area (Å²) in [5.74, 6) is 0.346. The number of benzene rings is 2. The lowest BCUT2D eigenvalue weighted by molar-refractivity contribution is -0.154. The topological polar surface area (TPSA) is 98.9 Å². The Morgan fingerprint density at radius 2 is 1.72 bits per heavy atom. The van der Waals surface area contributed by atoms with E-state index in [-0.39, 0.29) is 49.2 Å². The van der Waals surface area contributed by atoms with E-state index in [4.69, 9.17) is 37.2 Å². The van der Waals surface area contributed by atoms with E-state index in [0.717, 1.165) is 29.9 Å². The molecule has 2 bridgehead atoms. The number of Topliss-reactive ketones (excluding diaryl/α,β-unsaturated/α-hetero) is 1. The van der Waals surface area contributed by atoms with Crippen LogP contribution in [-0.4, -0.2) is 40.6 Å². The molecule has 0 radical (unpaired) electrons. The van der Waals surface area contributed by atoms with E-state index in [1.807, 2.05) is 4.90 Å². The third-order valence-electron chi connectivity index (χ3n) is 8.25. The fourth-order valence-electron chi connectivity index (χ4n) is 6.12. The predicted octanol–water partition coefficient (Wildman–Crippen LogP) is 7.54. The molecule has 3 aromatic rings. The molecule has 8 nitrogen and oxygen atoms in total. The zero-order valence-corrected chi connectivity index (χ0v) is 25.9. The Bertz CT molecular complexity index is 1540. The number of esters is 1. The van der Waals surface area contributed by atoms with Crippen molar-refractivity contribution in [2.24, 2.45) is 5.92 Å². The van der Waals surface area contributed by atoms with Gasteiger partial charge in [-0.15, -0.1) is 0 Å². The third-order valence-corrected chi connectivity index (χ3v) is 8.88. The van der Waals surface area contributed by atoms with Crippen LogP contribution in [0.5, 0.6) is 0 Å². The third kappa shape index (κ3) is 6.24. The number of halogens is 2. The summed E-state index contributed by atoms with van der Waals surface area (Å²) in [6.07, 6.45) is 3.36. The summed E-state index contributed by atoms with van der Waals surface area (Å²) >= 11 is 13.0. The van der Waals surface area contributed by atoms with Gasteiger partial charge >= 0.3 is 5.97 Å². The molecule has 1 aromatic heterocycles. The number of ether oxygens (including phenoxy) is 2. The van der Waals surface area contributed by atoms with Crippen LogP contribution in [0, 0.1) is 5.92 Å². The van der Waals surface area contributed by atoms with Gasteiger partial charge in [0.1, 0.15) is 17.1 Å². The number of piperidine rings is 1. The molecule has 1 saturated heterocycles. The molecule has 2 saturated carbocycles. The predicted molar refractivity (Wildman–Crippen MR) is 162 cm³/mol. The second-order valence-corrected chi connectivity index (χ2v) is 13.4. The van der Waals surface area contributed by atoms with Crippen LogP contribution in [-0.2, 0) is 25.7 Å². The van der Waals surface area contributed by atoms with E-state index in [1.54, 1.807) is 63.2 Å². The lowest BCUT2D eigenvalue weighted by atomic mass is 10.0. The highest BCUT2D eigenvalue weighted by atomic mass is 35.5. The van der Waals surface area contributed by atoms with Crippen LogP contribution >= 0.6 is 23.2 Å². The monoisotopic (exact) mass is 624 g/mol. The highest BCUT2D eigenvalue weighted by Crippen LogP contribution is 2.47. The number of carbonyl (C=O) groups excluding carboxylic acids is 3. The van der Waals surface area contributed by atoms with Crippen LogP contribution in [0.4, 0.5) is 5.69 Å². The molecule has 2 aromatic carbocycles. The van der Waals surface area contributed by atoms with Crippen LogP contribution in [0.15, 0.2) is 47.0 Å². The van der Waals surface area contributed by atoms with Gasteiger partial charge in [0, 0.05) is 40.8 Å². The van der Waals surface area contributed by atoms with E-state index < -0.39 is 11.6 Å². The second-order valence-electron chi connectivity index (χ2n) is 12.6. The maximum absolute atomic E-state index is 13.5. The Labute approximate surface area is 260 Å². The number of aromatic nitrogens is 1. The maximum Gasteiger partial charge on any atom is 0.306 e. The molecule has 6 rings (SSSR count). The minimum absolute atomic E-state index is 0.0130. The molecule has 2 aliphatic carbocycles. The first-order chi connectivity index (χ1) is 20.5. The van der Waals surface area contributed by atoms with Gasteiger partial charge in [-0.1, -0.05) is 34.4 Å². The molecule has 1 aliphatic heterocycles. The number of carbonyl (C=O) groups is 3. The quantitative estimate of drug-likeness (QED) is 0.170.